The molecule has 0 aromatic carbocycles. The van der Waals surface area contributed by atoms with Crippen LogP contribution in [-0.2, 0) is 9.53 Å². The van der Waals surface area contributed by atoms with E-state index in [9.17, 15) is 30.3 Å². The summed E-state index contributed by atoms with van der Waals surface area (Å²) in [6, 6.07) is 0. The van der Waals surface area contributed by atoms with Crippen molar-refractivity contribution < 1.29 is 35.1 Å². The van der Waals surface area contributed by atoms with Crippen molar-refractivity contribution in [2.75, 3.05) is 6.61 Å². The quantitative estimate of drug-likeness (QED) is 0.353. The van der Waals surface area contributed by atoms with Crippen LogP contribution in [0.25, 0.3) is 0 Å². The lowest BCUT2D eigenvalue weighted by Gasteiger charge is -2.74. The molecule has 2 heterocycles. The third kappa shape index (κ3) is 1.56. The monoisotopic (exact) mass is 380 g/mol. The summed E-state index contributed by atoms with van der Waals surface area (Å²) < 4.78 is 5.78. The molecule has 2 aliphatic heterocycles. The van der Waals surface area contributed by atoms with Gasteiger partial charge in [-0.3, -0.25) is 4.79 Å². The number of hydrogen-bond donors (Lipinski definition) is 5. The highest BCUT2D eigenvalue weighted by Crippen LogP contribution is 2.76. The summed E-state index contributed by atoms with van der Waals surface area (Å²) in [5.41, 5.74) is -3.21. The molecule has 0 aromatic heterocycles. The summed E-state index contributed by atoms with van der Waals surface area (Å²) >= 11 is 0. The summed E-state index contributed by atoms with van der Waals surface area (Å²) in [7, 11) is 0. The van der Waals surface area contributed by atoms with Gasteiger partial charge in [-0.05, 0) is 30.3 Å². The molecule has 4 saturated carbocycles. The smallest absolute Gasteiger partial charge is 0.208 e. The molecular weight excluding hydrogens is 352 g/mol. The van der Waals surface area contributed by atoms with Crippen LogP contribution in [0.1, 0.15) is 33.1 Å². The zero-order valence-corrected chi connectivity index (χ0v) is 15.6. The average molecular weight is 380 g/mol. The van der Waals surface area contributed by atoms with E-state index < -0.39 is 70.0 Å². The van der Waals surface area contributed by atoms with Gasteiger partial charge in [0.05, 0.1) is 24.9 Å². The third-order valence-corrected chi connectivity index (χ3v) is 8.99. The van der Waals surface area contributed by atoms with Gasteiger partial charge < -0.3 is 30.3 Å². The van der Waals surface area contributed by atoms with Crippen LogP contribution in [0.2, 0.25) is 0 Å². The minimum Gasteiger partial charge on any atom is -0.393 e. The van der Waals surface area contributed by atoms with Gasteiger partial charge in [-0.2, -0.15) is 0 Å². The molecule has 0 amide bonds. The summed E-state index contributed by atoms with van der Waals surface area (Å²) in [6.07, 6.45) is -3.28. The van der Waals surface area contributed by atoms with Gasteiger partial charge in [0.25, 0.3) is 0 Å². The first-order valence-corrected chi connectivity index (χ1v) is 9.80. The lowest BCUT2D eigenvalue weighted by atomic mass is 9.35. The van der Waals surface area contributed by atoms with E-state index in [-0.39, 0.29) is 18.6 Å². The maximum absolute atomic E-state index is 13.4. The van der Waals surface area contributed by atoms with Gasteiger partial charge in [0.1, 0.15) is 11.5 Å². The minimum absolute atomic E-state index is 0.0714. The number of ether oxygens (including phenoxy) is 1. The Hall–Kier alpha value is -0.830. The zero-order valence-electron chi connectivity index (χ0n) is 15.6. The Morgan fingerprint density at radius 3 is 2.44 bits per heavy atom. The number of fused-ring (bicyclic) bond motifs is 2. The van der Waals surface area contributed by atoms with Crippen LogP contribution >= 0.6 is 0 Å². The van der Waals surface area contributed by atoms with Crippen molar-refractivity contribution in [2.24, 2.45) is 34.0 Å². The maximum Gasteiger partial charge on any atom is 0.208 e. The topological polar surface area (TPSA) is 127 Å². The van der Waals surface area contributed by atoms with Gasteiger partial charge >= 0.3 is 0 Å². The summed E-state index contributed by atoms with van der Waals surface area (Å²) in [6.45, 7) is 7.57. The fourth-order valence-corrected chi connectivity index (χ4v) is 7.93. The normalized spacial score (nSPS) is 60.9. The molecule has 10 atom stereocenters. The second-order valence-corrected chi connectivity index (χ2v) is 10.1. The molecule has 0 unspecified atom stereocenters. The van der Waals surface area contributed by atoms with Gasteiger partial charge in [0.15, 0.2) is 5.78 Å². The zero-order chi connectivity index (χ0) is 19.7. The Labute approximate surface area is 157 Å². The minimum atomic E-state index is -2.33. The number of rotatable bonds is 0. The van der Waals surface area contributed by atoms with Gasteiger partial charge in [-0.25, -0.2) is 0 Å². The Bertz CT molecular complexity index is 745. The lowest BCUT2D eigenvalue weighted by molar-refractivity contribution is -0.459. The molecule has 6 fully saturated rings. The predicted octanol–water partition coefficient (Wildman–Crippen LogP) is -0.654. The first-order chi connectivity index (χ1) is 12.5. The third-order valence-electron chi connectivity index (χ3n) is 8.99. The molecule has 7 nitrogen and oxygen atoms in total. The SMILES string of the molecule is C=C1C(=O)[C@]23[C@H](O)[C@H]1C[C@H](O)[C@H]2[C@]12CC[C@@H](O)C(C)(C)[C@H]1[C@H](O)[C@]3(O)OC2. The molecule has 5 N–H and O–H groups in total. The molecule has 0 radical (unpaired) electrons. The predicted molar refractivity (Wildman–Crippen MR) is 92.0 cm³/mol. The lowest BCUT2D eigenvalue weighted by Crippen LogP contribution is -2.86. The molecule has 7 heteroatoms. The fraction of sp³-hybridized carbons (Fsp3) is 0.850. The molecule has 150 valence electrons. The Balaban J connectivity index is 1.81. The van der Waals surface area contributed by atoms with E-state index in [1.807, 2.05) is 13.8 Å². The fourth-order valence-electron chi connectivity index (χ4n) is 7.93. The van der Waals surface area contributed by atoms with Crippen molar-refractivity contribution in [2.45, 2.75) is 63.3 Å². The van der Waals surface area contributed by atoms with E-state index in [1.54, 1.807) is 0 Å². The highest BCUT2D eigenvalue weighted by atomic mass is 16.6. The van der Waals surface area contributed by atoms with Crippen LogP contribution in [0.5, 0.6) is 0 Å². The van der Waals surface area contributed by atoms with Gasteiger partial charge in [0, 0.05) is 23.2 Å². The molecule has 4 bridgehead atoms. The van der Waals surface area contributed by atoms with Gasteiger partial charge in [-0.15, -0.1) is 0 Å². The molecule has 2 saturated heterocycles. The van der Waals surface area contributed by atoms with E-state index in [4.69, 9.17) is 4.74 Å². The van der Waals surface area contributed by atoms with Crippen LogP contribution in [0.15, 0.2) is 12.2 Å². The number of ketones is 1. The Kier molecular flexibility index (Phi) is 3.26. The van der Waals surface area contributed by atoms with Crippen molar-refractivity contribution in [1.29, 1.82) is 0 Å². The molecular formula is C20H28O7. The number of aliphatic hydroxyl groups is 5. The van der Waals surface area contributed by atoms with E-state index in [0.717, 1.165) is 0 Å². The molecule has 6 aliphatic rings. The van der Waals surface area contributed by atoms with Gasteiger partial charge in [0.2, 0.25) is 5.79 Å². The molecule has 6 rings (SSSR count). The average Bonchev–Trinajstić information content (AvgIpc) is 2.71. The number of carbonyl (C=O) groups is 1. The molecule has 2 spiro atoms. The number of aliphatic hydroxyl groups excluding tert-OH is 4. The van der Waals surface area contributed by atoms with Crippen molar-refractivity contribution in [3.63, 3.8) is 0 Å². The molecule has 27 heavy (non-hydrogen) atoms. The largest absolute Gasteiger partial charge is 0.393 e. The highest BCUT2D eigenvalue weighted by Gasteiger charge is 2.87. The Morgan fingerprint density at radius 1 is 1.11 bits per heavy atom. The number of Topliss-reactive ketones (excluding diaryl/α,β-unsaturated/α-hetero) is 1. The van der Waals surface area contributed by atoms with Crippen molar-refractivity contribution >= 4 is 5.78 Å². The van der Waals surface area contributed by atoms with Crippen LogP contribution in [-0.4, -0.2) is 68.1 Å². The van der Waals surface area contributed by atoms with Crippen molar-refractivity contribution in [1.82, 2.24) is 0 Å². The van der Waals surface area contributed by atoms with Crippen LogP contribution in [0.4, 0.5) is 0 Å². The number of hydrogen-bond acceptors (Lipinski definition) is 7. The van der Waals surface area contributed by atoms with E-state index in [1.165, 1.54) is 0 Å². The summed E-state index contributed by atoms with van der Waals surface area (Å²) in [5.74, 6) is -4.83. The van der Waals surface area contributed by atoms with E-state index in [2.05, 4.69) is 6.58 Å². The first kappa shape index (κ1) is 18.2. The first-order valence-electron chi connectivity index (χ1n) is 9.80. The standard InChI is InChI=1S/C20H28O7/c1-8-9-6-10(21)12-18-5-4-11(22)17(2,3)13(18)16(25)20(26,27-7-18)19(12,14(8)23)15(9)24/h9-13,15-16,21-22,24-26H,1,4-7H2,2-3H3/t9-,10-,11+,12-,13+,15+,16-,18+,19-,20-/m0/s1. The Morgan fingerprint density at radius 2 is 1.78 bits per heavy atom. The number of carbonyl (C=O) groups excluding carboxylic acids is 1. The highest BCUT2D eigenvalue weighted by molar-refractivity contribution is 6.05. The second-order valence-electron chi connectivity index (χ2n) is 10.1. The summed E-state index contributed by atoms with van der Waals surface area (Å²) in [5, 5.41) is 55.8. The molecule has 0 aromatic rings. The van der Waals surface area contributed by atoms with Crippen molar-refractivity contribution in [3.8, 4) is 0 Å². The maximum atomic E-state index is 13.4. The van der Waals surface area contributed by atoms with Gasteiger partial charge in [-0.1, -0.05) is 20.4 Å². The van der Waals surface area contributed by atoms with Crippen LogP contribution < -0.4 is 0 Å². The van der Waals surface area contributed by atoms with E-state index >= 15 is 0 Å². The van der Waals surface area contributed by atoms with Crippen LogP contribution in [0.3, 0.4) is 0 Å². The van der Waals surface area contributed by atoms with Crippen molar-refractivity contribution in [3.05, 3.63) is 12.2 Å². The summed E-state index contributed by atoms with van der Waals surface area (Å²) in [4.78, 5) is 13.4. The van der Waals surface area contributed by atoms with E-state index in [0.29, 0.717) is 12.8 Å². The van der Waals surface area contributed by atoms with Crippen LogP contribution in [0, 0.1) is 34.0 Å². The molecule has 4 aliphatic carbocycles. The second kappa shape index (κ2) is 4.83.